The van der Waals surface area contributed by atoms with Crippen LogP contribution in [-0.2, 0) is 27.8 Å². The molecule has 0 saturated carbocycles. The highest BCUT2D eigenvalue weighted by molar-refractivity contribution is 8.32. The third kappa shape index (κ3) is 8.86. The number of carbonyl (C=O) groups is 3. The second-order valence-corrected chi connectivity index (χ2v) is 23.0. The minimum Gasteiger partial charge on any atom is -0.341 e. The molecule has 0 radical (unpaired) electrons. The number of para-hydroxylation sites is 1. The van der Waals surface area contributed by atoms with Crippen LogP contribution in [0.4, 0.5) is 15.3 Å². The van der Waals surface area contributed by atoms with Crippen LogP contribution in [0.3, 0.4) is 0 Å². The number of nitrogens with one attached hydrogen (secondary N) is 2. The van der Waals surface area contributed by atoms with Gasteiger partial charge in [-0.1, -0.05) is 30.7 Å². The summed E-state index contributed by atoms with van der Waals surface area (Å²) in [6.07, 6.45) is 15.2. The summed E-state index contributed by atoms with van der Waals surface area (Å²) < 4.78 is 28.0. The second-order valence-electron chi connectivity index (χ2n) is 16.4. The van der Waals surface area contributed by atoms with Gasteiger partial charge in [0.2, 0.25) is 15.9 Å². The first-order valence-electron chi connectivity index (χ1n) is 19.6. The average molecular weight is 780 g/mol. The van der Waals surface area contributed by atoms with Gasteiger partial charge in [0.1, 0.15) is 6.04 Å². The van der Waals surface area contributed by atoms with Crippen molar-refractivity contribution in [1.82, 2.24) is 28.9 Å². The summed E-state index contributed by atoms with van der Waals surface area (Å²) in [6.45, 7) is 5.09. The van der Waals surface area contributed by atoms with Gasteiger partial charge in [-0.3, -0.25) is 4.79 Å². The lowest BCUT2D eigenvalue weighted by Crippen LogP contribution is -2.57. The molecule has 0 aliphatic carbocycles. The molecule has 12 nitrogen and oxygen atoms in total. The number of aromatic nitrogens is 1. The average Bonchev–Trinajstić information content (AvgIpc) is 3.61. The second kappa shape index (κ2) is 16.2. The summed E-state index contributed by atoms with van der Waals surface area (Å²) in [4.78, 5) is 49.3. The fourth-order valence-corrected chi connectivity index (χ4v) is 12.3. The first-order valence-corrected chi connectivity index (χ1v) is 24.2. The van der Waals surface area contributed by atoms with Crippen molar-refractivity contribution < 1.29 is 22.8 Å². The lowest BCUT2D eigenvalue weighted by molar-refractivity contribution is -0.134. The zero-order valence-corrected chi connectivity index (χ0v) is 33.7. The van der Waals surface area contributed by atoms with Gasteiger partial charge < -0.3 is 30.2 Å². The molecule has 1 aromatic heterocycles. The van der Waals surface area contributed by atoms with Crippen molar-refractivity contribution >= 4 is 54.6 Å². The molecule has 0 bridgehead atoms. The van der Waals surface area contributed by atoms with E-state index < -0.39 is 26.1 Å². The third-order valence-electron chi connectivity index (χ3n) is 11.7. The zero-order chi connectivity index (χ0) is 38.0. The van der Waals surface area contributed by atoms with Crippen LogP contribution >= 0.6 is 10.0 Å². The summed E-state index contributed by atoms with van der Waals surface area (Å²) in [6, 6.07) is 14.6. The molecule has 3 aromatic rings. The van der Waals surface area contributed by atoms with Gasteiger partial charge in [-0.15, -0.1) is 0 Å². The van der Waals surface area contributed by atoms with Crippen LogP contribution < -0.4 is 10.6 Å². The molecule has 54 heavy (non-hydrogen) atoms. The number of anilines is 1. The molecule has 0 spiro atoms. The Kier molecular flexibility index (Phi) is 11.5. The molecular formula is C40H57N7O5S2. The fraction of sp³-hybridized carbons (Fsp3) is 0.575. The number of hydrogen-bond acceptors (Lipinski definition) is 6. The van der Waals surface area contributed by atoms with E-state index >= 15 is 0 Å². The van der Waals surface area contributed by atoms with Crippen molar-refractivity contribution in [2.24, 2.45) is 0 Å². The highest BCUT2D eigenvalue weighted by Crippen LogP contribution is 2.35. The van der Waals surface area contributed by atoms with Crippen molar-refractivity contribution in [2.45, 2.75) is 76.0 Å². The van der Waals surface area contributed by atoms with E-state index in [2.05, 4.69) is 34.3 Å². The Balaban J connectivity index is 1.03. The number of fused-ring (bicyclic) bond motifs is 2. The van der Waals surface area contributed by atoms with Crippen molar-refractivity contribution in [1.29, 1.82) is 0 Å². The molecule has 2 N–H and O–H groups in total. The van der Waals surface area contributed by atoms with Crippen LogP contribution in [-0.4, -0.2) is 138 Å². The molecule has 5 amide bonds. The van der Waals surface area contributed by atoms with E-state index in [4.69, 9.17) is 0 Å². The molecule has 294 valence electrons. The van der Waals surface area contributed by atoms with Crippen LogP contribution in [0.1, 0.15) is 56.1 Å². The number of amides is 5. The topological polar surface area (TPSA) is 127 Å². The minimum absolute atomic E-state index is 0.0126. The standard InChI is InChI=1S/C40H57N7O5S2/c1-53(2,3)25-26-54(51,52)47-24-13-31-27-30(11-12-37(31)47)28-36(38(48)44-20-14-33(15-21-44)43-18-7-4-8-19-43)42-39(49)45-22-16-34(17-23-45)46-29-32-9-5-6-10-35(32)41-40(46)50/h5-6,9-13,24,27,33-34,36H,4,7-8,14-23,25-26,28-29H2,1-3H3,(H,41,50)(H,42,49). The lowest BCUT2D eigenvalue weighted by Gasteiger charge is -2.42. The van der Waals surface area contributed by atoms with E-state index in [9.17, 15) is 22.8 Å². The molecule has 14 heteroatoms. The molecule has 3 saturated heterocycles. The maximum atomic E-state index is 14.3. The van der Waals surface area contributed by atoms with Crippen LogP contribution in [0.5, 0.6) is 0 Å². The Bertz CT molecular complexity index is 1940. The SMILES string of the molecule is CS(C)(C)CCS(=O)(=O)n1ccc2cc(CC(NC(=O)N3CCC(N4Cc5ccccc5NC4=O)CC3)C(=O)N3CCC(N4CCCCC4)CC3)ccc21. The van der Waals surface area contributed by atoms with Gasteiger partial charge in [0.05, 0.1) is 11.3 Å². The normalized spacial score (nSPS) is 20.4. The minimum atomic E-state index is -3.52. The van der Waals surface area contributed by atoms with E-state index in [1.807, 2.05) is 58.3 Å². The van der Waals surface area contributed by atoms with E-state index in [0.717, 1.165) is 48.1 Å². The summed E-state index contributed by atoms with van der Waals surface area (Å²) in [5.74, 6) is 0.639. The highest BCUT2D eigenvalue weighted by atomic mass is 32.3. The predicted octanol–water partition coefficient (Wildman–Crippen LogP) is 5.12. The summed E-state index contributed by atoms with van der Waals surface area (Å²) in [5, 5.41) is 6.91. The zero-order valence-electron chi connectivity index (χ0n) is 32.0. The van der Waals surface area contributed by atoms with Crippen molar-refractivity contribution in [3.05, 3.63) is 65.9 Å². The summed E-state index contributed by atoms with van der Waals surface area (Å²) >= 11 is 0. The number of nitrogens with zero attached hydrogens (tertiary/aromatic N) is 5. The molecule has 7 rings (SSSR count). The molecule has 3 fully saturated rings. The van der Waals surface area contributed by atoms with Gasteiger partial charge in [-0.05, 0) is 112 Å². The van der Waals surface area contributed by atoms with Gasteiger partial charge >= 0.3 is 12.1 Å². The highest BCUT2D eigenvalue weighted by Gasteiger charge is 2.36. The molecule has 2 aromatic carbocycles. The summed E-state index contributed by atoms with van der Waals surface area (Å²) in [5.41, 5.74) is 3.40. The molecule has 1 atom stereocenters. The monoisotopic (exact) mass is 779 g/mol. The van der Waals surface area contributed by atoms with Crippen LogP contribution in [0.2, 0.25) is 0 Å². The lowest BCUT2D eigenvalue weighted by atomic mass is 9.98. The van der Waals surface area contributed by atoms with Crippen molar-refractivity contribution in [3.8, 4) is 0 Å². The first-order chi connectivity index (χ1) is 25.8. The van der Waals surface area contributed by atoms with E-state index in [1.165, 1.54) is 23.2 Å². The smallest absolute Gasteiger partial charge is 0.322 e. The van der Waals surface area contributed by atoms with Gasteiger partial charge in [-0.2, -0.15) is 0 Å². The van der Waals surface area contributed by atoms with Crippen LogP contribution in [0.25, 0.3) is 10.9 Å². The van der Waals surface area contributed by atoms with Gasteiger partial charge in [0.15, 0.2) is 0 Å². The van der Waals surface area contributed by atoms with E-state index in [-0.39, 0.29) is 29.8 Å². The molecule has 1 unspecified atom stereocenters. The summed E-state index contributed by atoms with van der Waals surface area (Å²) in [7, 11) is -4.50. The maximum absolute atomic E-state index is 14.3. The number of piperidine rings is 3. The number of urea groups is 2. The van der Waals surface area contributed by atoms with E-state index in [0.29, 0.717) is 69.3 Å². The van der Waals surface area contributed by atoms with E-state index in [1.54, 1.807) is 11.1 Å². The number of rotatable bonds is 10. The maximum Gasteiger partial charge on any atom is 0.322 e. The Morgan fingerprint density at radius 2 is 1.52 bits per heavy atom. The molecule has 4 aliphatic rings. The quantitative estimate of drug-likeness (QED) is 0.294. The van der Waals surface area contributed by atoms with Gasteiger partial charge in [0.25, 0.3) is 0 Å². The number of hydrogen-bond donors (Lipinski definition) is 2. The third-order valence-corrected chi connectivity index (χ3v) is 15.1. The van der Waals surface area contributed by atoms with Crippen LogP contribution in [0, 0.1) is 0 Å². The van der Waals surface area contributed by atoms with Crippen LogP contribution in [0.15, 0.2) is 54.7 Å². The number of carbonyl (C=O) groups excluding carboxylic acids is 3. The molecule has 5 heterocycles. The Morgan fingerprint density at radius 1 is 0.833 bits per heavy atom. The molecule has 4 aliphatic heterocycles. The predicted molar refractivity (Wildman–Crippen MR) is 218 cm³/mol. The Hall–Kier alpha value is -3.75. The fourth-order valence-electron chi connectivity index (χ4n) is 8.52. The van der Waals surface area contributed by atoms with Crippen molar-refractivity contribution in [3.63, 3.8) is 0 Å². The Morgan fingerprint density at radius 3 is 2.24 bits per heavy atom. The Labute approximate surface area is 321 Å². The molecular weight excluding hydrogens is 723 g/mol. The van der Waals surface area contributed by atoms with Gasteiger partial charge in [0, 0.05) is 68.5 Å². The largest absolute Gasteiger partial charge is 0.341 e. The number of likely N-dealkylation sites (tertiary alicyclic amines) is 3. The first kappa shape index (κ1) is 38.5. The number of benzene rings is 2. The van der Waals surface area contributed by atoms with Crippen molar-refractivity contribution in [2.75, 3.05) is 74.9 Å². The van der Waals surface area contributed by atoms with Gasteiger partial charge in [-0.25, -0.2) is 32.0 Å².